The van der Waals surface area contributed by atoms with Gasteiger partial charge in [-0.1, -0.05) is 36.4 Å². The van der Waals surface area contributed by atoms with Crippen molar-refractivity contribution in [2.45, 2.75) is 39.5 Å². The Hall–Kier alpha value is -3.27. The number of aromatic nitrogens is 1. The molecule has 29 heavy (non-hydrogen) atoms. The van der Waals surface area contributed by atoms with Gasteiger partial charge < -0.3 is 0 Å². The van der Waals surface area contributed by atoms with E-state index in [2.05, 4.69) is 31.0 Å². The van der Waals surface area contributed by atoms with Crippen LogP contribution in [0.15, 0.2) is 70.9 Å². The van der Waals surface area contributed by atoms with Crippen LogP contribution >= 0.6 is 0 Å². The third kappa shape index (κ3) is 2.87. The lowest BCUT2D eigenvalue weighted by atomic mass is 9.93. The molecule has 0 saturated heterocycles. The van der Waals surface area contributed by atoms with E-state index in [9.17, 15) is 4.79 Å². The number of rotatable bonds is 2. The van der Waals surface area contributed by atoms with E-state index < -0.39 is 0 Å². The number of aliphatic imine (C=N–C) groups is 1. The van der Waals surface area contributed by atoms with Crippen molar-refractivity contribution >= 4 is 34.0 Å². The van der Waals surface area contributed by atoms with Crippen molar-refractivity contribution in [1.29, 1.82) is 0 Å². The Labute approximate surface area is 170 Å². The number of amides is 1. The van der Waals surface area contributed by atoms with Gasteiger partial charge in [-0.2, -0.15) is 0 Å². The molecule has 144 valence electrons. The molecule has 1 amide bonds. The summed E-state index contributed by atoms with van der Waals surface area (Å²) in [6.45, 7) is 4.15. The molecule has 0 fully saturated rings. The maximum Gasteiger partial charge on any atom is 0.260 e. The molecule has 3 aromatic rings. The first kappa shape index (κ1) is 17.8. The zero-order valence-corrected chi connectivity index (χ0v) is 16.8. The van der Waals surface area contributed by atoms with Gasteiger partial charge in [-0.3, -0.25) is 14.7 Å². The molecule has 0 radical (unpaired) electrons. The van der Waals surface area contributed by atoms with Crippen molar-refractivity contribution in [3.05, 3.63) is 77.0 Å². The van der Waals surface area contributed by atoms with Crippen LogP contribution in [0.2, 0.25) is 0 Å². The van der Waals surface area contributed by atoms with Gasteiger partial charge in [-0.05, 0) is 62.8 Å². The number of fused-ring (bicyclic) bond motifs is 1. The Morgan fingerprint density at radius 2 is 1.59 bits per heavy atom. The third-order valence-corrected chi connectivity index (χ3v) is 5.92. The zero-order chi connectivity index (χ0) is 20.0. The summed E-state index contributed by atoms with van der Waals surface area (Å²) < 4.78 is 0. The third-order valence-electron chi connectivity index (χ3n) is 5.92. The highest BCUT2D eigenvalue weighted by Crippen LogP contribution is 2.39. The molecule has 1 aromatic heterocycles. The normalized spacial score (nSPS) is 18.1. The second-order valence-electron chi connectivity index (χ2n) is 7.83. The Bertz CT molecular complexity index is 1180. The van der Waals surface area contributed by atoms with Crippen molar-refractivity contribution in [3.63, 3.8) is 0 Å². The van der Waals surface area contributed by atoms with E-state index in [0.29, 0.717) is 0 Å². The highest BCUT2D eigenvalue weighted by molar-refractivity contribution is 6.36. The molecule has 2 aliphatic rings. The second-order valence-corrected chi connectivity index (χ2v) is 7.83. The summed E-state index contributed by atoms with van der Waals surface area (Å²) in [4.78, 5) is 25.0. The predicted octanol–water partition coefficient (Wildman–Crippen LogP) is 5.80. The average molecular weight is 381 g/mol. The number of hydrogen-bond acceptors (Lipinski definition) is 3. The lowest BCUT2D eigenvalue weighted by Gasteiger charge is -2.21. The maximum atomic E-state index is 13.5. The smallest absolute Gasteiger partial charge is 0.260 e. The van der Waals surface area contributed by atoms with Gasteiger partial charge in [0.1, 0.15) is 5.84 Å². The van der Waals surface area contributed by atoms with E-state index in [-0.39, 0.29) is 5.91 Å². The number of anilines is 1. The fraction of sp³-hybridized carbons (Fsp3) is 0.240. The summed E-state index contributed by atoms with van der Waals surface area (Å²) in [5, 5.41) is 1.02. The molecule has 0 atom stereocenters. The van der Waals surface area contributed by atoms with Crippen LogP contribution in [0, 0.1) is 13.8 Å². The van der Waals surface area contributed by atoms with Gasteiger partial charge in [0.2, 0.25) is 0 Å². The minimum absolute atomic E-state index is 0.0582. The molecule has 0 unspecified atom stereocenters. The van der Waals surface area contributed by atoms with Crippen LogP contribution in [0.1, 0.15) is 36.8 Å². The number of carbonyl (C=O) groups is 1. The molecule has 0 bridgehead atoms. The second kappa shape index (κ2) is 6.96. The van der Waals surface area contributed by atoms with Crippen molar-refractivity contribution in [3.8, 4) is 0 Å². The molecular formula is C25H23N3O. The maximum absolute atomic E-state index is 13.5. The van der Waals surface area contributed by atoms with Crippen LogP contribution in [0.3, 0.4) is 0 Å². The molecule has 0 N–H and O–H groups in total. The first-order valence-electron chi connectivity index (χ1n) is 10.2. The number of nitrogens with zero attached hydrogens (tertiary/aromatic N) is 3. The Morgan fingerprint density at radius 3 is 2.38 bits per heavy atom. The van der Waals surface area contributed by atoms with Gasteiger partial charge in [0.05, 0.1) is 16.9 Å². The standard InChI is InChI=1S/C25H23N3O/c1-16-8-5-9-17(2)22(16)27-24-19-12-3-4-13-20(19)25(29)28(24)21-14-6-10-18-11-7-15-26-23(18)21/h5-11,14-15H,3-4,12-13H2,1-2H3. The molecular weight excluding hydrogens is 358 g/mol. The fourth-order valence-electron chi connectivity index (χ4n) is 4.45. The fourth-order valence-corrected chi connectivity index (χ4v) is 4.45. The van der Waals surface area contributed by atoms with Gasteiger partial charge in [0, 0.05) is 22.7 Å². The number of pyridine rings is 1. The van der Waals surface area contributed by atoms with Crippen LogP contribution in [0.5, 0.6) is 0 Å². The SMILES string of the molecule is Cc1cccc(C)c1N=C1C2=C(CCCC2)C(=O)N1c1cccc2cccnc12. The van der Waals surface area contributed by atoms with Crippen LogP contribution in [-0.4, -0.2) is 16.7 Å². The number of benzene rings is 2. The van der Waals surface area contributed by atoms with Crippen LogP contribution in [0.4, 0.5) is 11.4 Å². The number of carbonyl (C=O) groups excluding carboxylic acids is 1. The van der Waals surface area contributed by atoms with Crippen LogP contribution < -0.4 is 4.90 Å². The molecule has 1 aliphatic carbocycles. The van der Waals surface area contributed by atoms with Gasteiger partial charge in [-0.25, -0.2) is 4.99 Å². The number of hydrogen-bond donors (Lipinski definition) is 0. The van der Waals surface area contributed by atoms with E-state index in [4.69, 9.17) is 4.99 Å². The van der Waals surface area contributed by atoms with E-state index in [1.54, 1.807) is 11.1 Å². The number of para-hydroxylation sites is 2. The summed E-state index contributed by atoms with van der Waals surface area (Å²) in [5.74, 6) is 0.836. The molecule has 2 heterocycles. The first-order valence-corrected chi connectivity index (χ1v) is 10.2. The molecule has 1 aliphatic heterocycles. The summed E-state index contributed by atoms with van der Waals surface area (Å²) in [6, 6.07) is 16.1. The average Bonchev–Trinajstić information content (AvgIpc) is 3.02. The minimum atomic E-state index is 0.0582. The van der Waals surface area contributed by atoms with E-state index in [1.165, 1.54) is 0 Å². The molecule has 0 saturated carbocycles. The summed E-state index contributed by atoms with van der Waals surface area (Å²) in [7, 11) is 0. The first-order chi connectivity index (χ1) is 14.1. The number of amidine groups is 1. The highest BCUT2D eigenvalue weighted by atomic mass is 16.2. The molecule has 2 aromatic carbocycles. The summed E-state index contributed by atoms with van der Waals surface area (Å²) in [6.07, 6.45) is 5.67. The monoisotopic (exact) mass is 381 g/mol. The van der Waals surface area contributed by atoms with E-state index in [1.807, 2.05) is 36.4 Å². The van der Waals surface area contributed by atoms with Crippen molar-refractivity contribution in [2.24, 2.45) is 4.99 Å². The van der Waals surface area contributed by atoms with Crippen molar-refractivity contribution in [2.75, 3.05) is 4.90 Å². The molecule has 4 heteroatoms. The van der Waals surface area contributed by atoms with Crippen molar-refractivity contribution < 1.29 is 4.79 Å². The Balaban J connectivity index is 1.76. The summed E-state index contributed by atoms with van der Waals surface area (Å²) >= 11 is 0. The Kier molecular flexibility index (Phi) is 4.27. The summed E-state index contributed by atoms with van der Waals surface area (Å²) in [5.41, 5.74) is 6.86. The van der Waals surface area contributed by atoms with Crippen molar-refractivity contribution in [1.82, 2.24) is 4.98 Å². The minimum Gasteiger partial charge on any atom is -0.269 e. The Morgan fingerprint density at radius 1 is 0.897 bits per heavy atom. The largest absolute Gasteiger partial charge is 0.269 e. The van der Waals surface area contributed by atoms with Gasteiger partial charge in [0.25, 0.3) is 5.91 Å². The van der Waals surface area contributed by atoms with E-state index in [0.717, 1.165) is 76.1 Å². The lowest BCUT2D eigenvalue weighted by molar-refractivity contribution is -0.114. The van der Waals surface area contributed by atoms with E-state index >= 15 is 0 Å². The topological polar surface area (TPSA) is 45.6 Å². The lowest BCUT2D eigenvalue weighted by Crippen LogP contribution is -2.32. The van der Waals surface area contributed by atoms with Crippen LogP contribution in [0.25, 0.3) is 10.9 Å². The van der Waals surface area contributed by atoms with Gasteiger partial charge in [0.15, 0.2) is 0 Å². The quantitative estimate of drug-likeness (QED) is 0.563. The van der Waals surface area contributed by atoms with Gasteiger partial charge >= 0.3 is 0 Å². The highest BCUT2D eigenvalue weighted by Gasteiger charge is 2.39. The molecule has 5 rings (SSSR count). The number of aryl methyl sites for hydroxylation is 2. The zero-order valence-electron chi connectivity index (χ0n) is 16.8. The molecule has 4 nitrogen and oxygen atoms in total. The molecule has 0 spiro atoms. The van der Waals surface area contributed by atoms with Gasteiger partial charge in [-0.15, -0.1) is 0 Å². The predicted molar refractivity (Wildman–Crippen MR) is 118 cm³/mol. The van der Waals surface area contributed by atoms with Crippen LogP contribution in [-0.2, 0) is 4.79 Å².